The zero-order valence-electron chi connectivity index (χ0n) is 15.4. The summed E-state index contributed by atoms with van der Waals surface area (Å²) in [7, 11) is 0. The van der Waals surface area contributed by atoms with Gasteiger partial charge in [0.05, 0.1) is 9.83 Å². The fraction of sp³-hybridized carbons (Fsp3) is 0.105. The van der Waals surface area contributed by atoms with Crippen LogP contribution in [0.5, 0.6) is 5.75 Å². The fourth-order valence-electron chi connectivity index (χ4n) is 2.63. The normalized spacial score (nSPS) is 16.1. The predicted octanol–water partition coefficient (Wildman–Crippen LogP) is 4.18. The number of hydrogen-bond acceptors (Lipinski definition) is 7. The number of carbonyl (C=O) groups is 2. The van der Waals surface area contributed by atoms with E-state index in [4.69, 9.17) is 23.8 Å². The lowest BCUT2D eigenvalue weighted by atomic mass is 10.1. The van der Waals surface area contributed by atoms with E-state index in [-0.39, 0.29) is 20.7 Å². The van der Waals surface area contributed by atoms with E-state index < -0.39 is 22.8 Å². The van der Waals surface area contributed by atoms with Crippen molar-refractivity contribution in [3.63, 3.8) is 0 Å². The van der Waals surface area contributed by atoms with Crippen molar-refractivity contribution >= 4 is 69.2 Å². The van der Waals surface area contributed by atoms with Gasteiger partial charge in [-0.15, -0.1) is 0 Å². The molecule has 2 N–H and O–H groups in total. The maximum Gasteiger partial charge on any atom is 0.269 e. The van der Waals surface area contributed by atoms with E-state index in [0.29, 0.717) is 16.3 Å². The van der Waals surface area contributed by atoms with E-state index in [0.717, 1.165) is 11.8 Å². The van der Waals surface area contributed by atoms with Crippen LogP contribution >= 0.6 is 35.6 Å². The number of benzene rings is 2. The standard InChI is InChI=1S/C19H14ClN3O5S2/c1-10(17(25)21-13-3-5-14(6-4-13)23(27)28)22-18(26)16(30-19(22)29)9-11-8-12(20)2-7-15(11)24/h2-10,24H,1H3,(H,21,25)/b16-9-. The highest BCUT2D eigenvalue weighted by Gasteiger charge is 2.38. The molecule has 1 aliphatic rings. The number of phenolic OH excluding ortho intramolecular Hbond substituents is 1. The number of anilines is 1. The van der Waals surface area contributed by atoms with E-state index in [1.165, 1.54) is 60.4 Å². The monoisotopic (exact) mass is 463 g/mol. The van der Waals surface area contributed by atoms with Crippen molar-refractivity contribution in [1.82, 2.24) is 4.90 Å². The number of halogens is 1. The molecule has 1 saturated heterocycles. The molecule has 8 nitrogen and oxygen atoms in total. The third kappa shape index (κ3) is 4.61. The zero-order valence-corrected chi connectivity index (χ0v) is 17.8. The Morgan fingerprint density at radius 1 is 1.33 bits per heavy atom. The number of rotatable bonds is 5. The van der Waals surface area contributed by atoms with Gasteiger partial charge in [-0.25, -0.2) is 0 Å². The van der Waals surface area contributed by atoms with Crippen molar-refractivity contribution in [3.05, 3.63) is 68.1 Å². The topological polar surface area (TPSA) is 113 Å². The number of nitro groups is 1. The average molecular weight is 464 g/mol. The molecule has 30 heavy (non-hydrogen) atoms. The average Bonchev–Trinajstić information content (AvgIpc) is 2.97. The summed E-state index contributed by atoms with van der Waals surface area (Å²) in [5.41, 5.74) is 0.598. The molecule has 2 amide bonds. The molecule has 1 aliphatic heterocycles. The Hall–Kier alpha value is -2.95. The third-order valence-corrected chi connectivity index (χ3v) is 5.78. The van der Waals surface area contributed by atoms with Crippen molar-refractivity contribution in [2.24, 2.45) is 0 Å². The van der Waals surface area contributed by atoms with Crippen LogP contribution < -0.4 is 5.32 Å². The van der Waals surface area contributed by atoms with Crippen LogP contribution in [0, 0.1) is 10.1 Å². The van der Waals surface area contributed by atoms with Crippen LogP contribution in [0.2, 0.25) is 5.02 Å². The van der Waals surface area contributed by atoms with Crippen molar-refractivity contribution in [3.8, 4) is 5.75 Å². The Balaban J connectivity index is 1.76. The molecule has 0 spiro atoms. The SMILES string of the molecule is CC(C(=O)Nc1ccc([N+](=O)[O-])cc1)N1C(=O)/C(=C/c2cc(Cl)ccc2O)SC1=S. The second-order valence-corrected chi connectivity index (χ2v) is 8.34. The smallest absolute Gasteiger partial charge is 0.269 e. The fourth-order valence-corrected chi connectivity index (χ4v) is 4.22. The summed E-state index contributed by atoms with van der Waals surface area (Å²) in [6.45, 7) is 1.52. The molecule has 0 aliphatic carbocycles. The molecule has 1 heterocycles. The Labute approximate surface area is 185 Å². The summed E-state index contributed by atoms with van der Waals surface area (Å²) >= 11 is 12.2. The van der Waals surface area contributed by atoms with Crippen LogP contribution in [0.15, 0.2) is 47.4 Å². The van der Waals surface area contributed by atoms with E-state index in [2.05, 4.69) is 5.32 Å². The number of hydrogen-bond donors (Lipinski definition) is 2. The van der Waals surface area contributed by atoms with Gasteiger partial charge in [0.1, 0.15) is 16.1 Å². The first-order valence-corrected chi connectivity index (χ1v) is 10.1. The molecule has 2 aromatic carbocycles. The van der Waals surface area contributed by atoms with Gasteiger partial charge in [-0.2, -0.15) is 0 Å². The number of thiocarbonyl (C=S) groups is 1. The van der Waals surface area contributed by atoms with Crippen molar-refractivity contribution in [2.45, 2.75) is 13.0 Å². The molecular formula is C19H14ClN3O5S2. The molecule has 1 unspecified atom stereocenters. The number of nitrogens with zero attached hydrogens (tertiary/aromatic N) is 2. The van der Waals surface area contributed by atoms with E-state index >= 15 is 0 Å². The number of phenols is 1. The van der Waals surface area contributed by atoms with Gasteiger partial charge < -0.3 is 10.4 Å². The Morgan fingerprint density at radius 2 is 2.00 bits per heavy atom. The van der Waals surface area contributed by atoms with Gasteiger partial charge in [0.25, 0.3) is 11.6 Å². The highest BCUT2D eigenvalue weighted by atomic mass is 35.5. The summed E-state index contributed by atoms with van der Waals surface area (Å²) in [6, 6.07) is 8.84. The minimum Gasteiger partial charge on any atom is -0.507 e. The van der Waals surface area contributed by atoms with Crippen molar-refractivity contribution in [1.29, 1.82) is 0 Å². The number of nitro benzene ring substituents is 1. The first-order chi connectivity index (χ1) is 14.2. The maximum atomic E-state index is 12.8. The van der Waals surface area contributed by atoms with Gasteiger partial charge in [-0.1, -0.05) is 35.6 Å². The Kier molecular flexibility index (Phi) is 6.40. The minimum absolute atomic E-state index is 0.0476. The highest BCUT2D eigenvalue weighted by Crippen LogP contribution is 2.36. The second kappa shape index (κ2) is 8.82. The molecule has 0 saturated carbocycles. The number of carbonyl (C=O) groups excluding carboxylic acids is 2. The molecular weight excluding hydrogens is 450 g/mol. The molecule has 2 aromatic rings. The van der Waals surface area contributed by atoms with E-state index in [9.17, 15) is 24.8 Å². The van der Waals surface area contributed by atoms with Crippen LogP contribution in [0.4, 0.5) is 11.4 Å². The van der Waals surface area contributed by atoms with Gasteiger partial charge in [0.2, 0.25) is 5.91 Å². The van der Waals surface area contributed by atoms with Crippen LogP contribution in [-0.4, -0.2) is 37.1 Å². The number of aromatic hydroxyl groups is 1. The van der Waals surface area contributed by atoms with Crippen LogP contribution in [-0.2, 0) is 9.59 Å². The Morgan fingerprint density at radius 3 is 2.63 bits per heavy atom. The summed E-state index contributed by atoms with van der Waals surface area (Å²) < 4.78 is 0.194. The van der Waals surface area contributed by atoms with Crippen LogP contribution in [0.25, 0.3) is 6.08 Å². The number of nitrogens with one attached hydrogen (secondary N) is 1. The summed E-state index contributed by atoms with van der Waals surface area (Å²) in [4.78, 5) is 37.0. The van der Waals surface area contributed by atoms with E-state index in [1.807, 2.05) is 0 Å². The van der Waals surface area contributed by atoms with Crippen molar-refractivity contribution in [2.75, 3.05) is 5.32 Å². The summed E-state index contributed by atoms with van der Waals surface area (Å²) in [6.07, 6.45) is 1.46. The van der Waals surface area contributed by atoms with Crippen LogP contribution in [0.3, 0.4) is 0 Å². The highest BCUT2D eigenvalue weighted by molar-refractivity contribution is 8.26. The third-order valence-electron chi connectivity index (χ3n) is 4.21. The number of non-ortho nitro benzene ring substituents is 1. The van der Waals surface area contributed by atoms with E-state index in [1.54, 1.807) is 0 Å². The molecule has 154 valence electrons. The maximum absolute atomic E-state index is 12.8. The number of amides is 2. The molecule has 3 rings (SSSR count). The zero-order chi connectivity index (χ0) is 22.0. The molecule has 0 bridgehead atoms. The van der Waals surface area contributed by atoms with Crippen LogP contribution in [0.1, 0.15) is 12.5 Å². The molecule has 1 atom stereocenters. The molecule has 0 radical (unpaired) electrons. The Bertz CT molecular complexity index is 1090. The largest absolute Gasteiger partial charge is 0.507 e. The molecule has 11 heteroatoms. The predicted molar refractivity (Wildman–Crippen MR) is 119 cm³/mol. The van der Waals surface area contributed by atoms with Gasteiger partial charge in [0, 0.05) is 28.4 Å². The summed E-state index contributed by atoms with van der Waals surface area (Å²) in [5, 5.41) is 23.7. The lowest BCUT2D eigenvalue weighted by Crippen LogP contribution is -2.44. The quantitative estimate of drug-likeness (QED) is 0.296. The van der Waals surface area contributed by atoms with Gasteiger partial charge in [-0.05, 0) is 43.3 Å². The van der Waals surface area contributed by atoms with Gasteiger partial charge >= 0.3 is 0 Å². The minimum atomic E-state index is -0.924. The van der Waals surface area contributed by atoms with Gasteiger partial charge in [0.15, 0.2) is 0 Å². The lowest BCUT2D eigenvalue weighted by Gasteiger charge is -2.22. The first-order valence-electron chi connectivity index (χ1n) is 8.48. The second-order valence-electron chi connectivity index (χ2n) is 6.22. The first kappa shape index (κ1) is 21.8. The summed E-state index contributed by atoms with van der Waals surface area (Å²) in [5.74, 6) is -1.03. The van der Waals surface area contributed by atoms with Gasteiger partial charge in [-0.3, -0.25) is 24.6 Å². The number of thioether (sulfide) groups is 1. The molecule has 1 fully saturated rings. The van der Waals surface area contributed by atoms with Crippen molar-refractivity contribution < 1.29 is 19.6 Å². The lowest BCUT2D eigenvalue weighted by molar-refractivity contribution is -0.384. The molecule has 0 aromatic heterocycles.